The minimum Gasteiger partial charge on any atom is -0.380 e. The largest absolute Gasteiger partial charge is 0.380 e. The maximum Gasteiger partial charge on any atom is 0.0815 e. The van der Waals surface area contributed by atoms with Crippen LogP contribution in [0.2, 0.25) is 0 Å². The molecule has 0 aliphatic carbocycles. The second kappa shape index (κ2) is 6.09. The van der Waals surface area contributed by atoms with E-state index in [2.05, 4.69) is 18.2 Å². The van der Waals surface area contributed by atoms with Gasteiger partial charge < -0.3 is 4.74 Å². The first-order valence-corrected chi connectivity index (χ1v) is 7.00. The van der Waals surface area contributed by atoms with Crippen molar-refractivity contribution >= 4 is 11.8 Å². The predicted molar refractivity (Wildman–Crippen MR) is 69.9 cm³/mol. The Morgan fingerprint density at radius 1 is 1.35 bits per heavy atom. The van der Waals surface area contributed by atoms with E-state index in [0.29, 0.717) is 6.61 Å². The molecule has 0 saturated carbocycles. The van der Waals surface area contributed by atoms with Crippen molar-refractivity contribution in [2.45, 2.75) is 24.2 Å². The average Bonchev–Trinajstić information content (AvgIpc) is 2.41. The van der Waals surface area contributed by atoms with E-state index in [1.165, 1.54) is 4.90 Å². The van der Waals surface area contributed by atoms with Crippen molar-refractivity contribution in [3.8, 4) is 6.07 Å². The van der Waals surface area contributed by atoms with Gasteiger partial charge in [0.05, 0.1) is 18.1 Å². The Bertz CT molecular complexity index is 379. The van der Waals surface area contributed by atoms with Crippen molar-refractivity contribution in [1.82, 2.24) is 0 Å². The monoisotopic (exact) mass is 247 g/mol. The SMILES string of the molecule is N#CC1(CCSc2ccccc2)CCCOC1. The summed E-state index contributed by atoms with van der Waals surface area (Å²) in [6.07, 6.45) is 2.92. The molecule has 0 N–H and O–H groups in total. The lowest BCUT2D eigenvalue weighted by Gasteiger charge is -2.30. The summed E-state index contributed by atoms with van der Waals surface area (Å²) < 4.78 is 5.45. The van der Waals surface area contributed by atoms with Crippen molar-refractivity contribution in [1.29, 1.82) is 5.26 Å². The van der Waals surface area contributed by atoms with Crippen LogP contribution in [0.4, 0.5) is 0 Å². The molecule has 0 radical (unpaired) electrons. The highest BCUT2D eigenvalue weighted by Crippen LogP contribution is 2.33. The maximum absolute atomic E-state index is 9.30. The van der Waals surface area contributed by atoms with E-state index in [-0.39, 0.29) is 5.41 Å². The third-order valence-corrected chi connectivity index (χ3v) is 4.17. The van der Waals surface area contributed by atoms with E-state index in [4.69, 9.17) is 4.74 Å². The fraction of sp³-hybridized carbons (Fsp3) is 0.500. The second-order valence-electron chi connectivity index (χ2n) is 4.46. The molecule has 1 aliphatic rings. The Balaban J connectivity index is 1.83. The van der Waals surface area contributed by atoms with Crippen LogP contribution in [-0.2, 0) is 4.74 Å². The first kappa shape index (κ1) is 12.5. The molecule has 1 aromatic carbocycles. The highest BCUT2D eigenvalue weighted by atomic mass is 32.2. The number of benzene rings is 1. The molecule has 1 fully saturated rings. The quantitative estimate of drug-likeness (QED) is 0.764. The van der Waals surface area contributed by atoms with Crippen molar-refractivity contribution in [2.75, 3.05) is 19.0 Å². The van der Waals surface area contributed by atoms with Crippen molar-refractivity contribution < 1.29 is 4.74 Å². The molecule has 1 aromatic rings. The van der Waals surface area contributed by atoms with Crippen LogP contribution in [0.1, 0.15) is 19.3 Å². The number of ether oxygens (including phenoxy) is 1. The summed E-state index contributed by atoms with van der Waals surface area (Å²) in [4.78, 5) is 1.28. The molecule has 0 bridgehead atoms. The Morgan fingerprint density at radius 2 is 2.18 bits per heavy atom. The van der Waals surface area contributed by atoms with Crippen LogP contribution in [0.5, 0.6) is 0 Å². The lowest BCUT2D eigenvalue weighted by Crippen LogP contribution is -2.30. The Kier molecular flexibility index (Phi) is 4.47. The number of hydrogen-bond donors (Lipinski definition) is 0. The normalized spacial score (nSPS) is 24.2. The summed E-state index contributed by atoms with van der Waals surface area (Å²) >= 11 is 1.82. The molecule has 0 aromatic heterocycles. The molecule has 1 unspecified atom stereocenters. The molecule has 2 rings (SSSR count). The molecule has 1 atom stereocenters. The van der Waals surface area contributed by atoms with Crippen LogP contribution in [0.25, 0.3) is 0 Å². The smallest absolute Gasteiger partial charge is 0.0815 e. The van der Waals surface area contributed by atoms with Crippen LogP contribution < -0.4 is 0 Å². The van der Waals surface area contributed by atoms with Gasteiger partial charge in [-0.25, -0.2) is 0 Å². The van der Waals surface area contributed by atoms with Gasteiger partial charge in [-0.2, -0.15) is 5.26 Å². The van der Waals surface area contributed by atoms with Gasteiger partial charge in [0.15, 0.2) is 0 Å². The van der Waals surface area contributed by atoms with Gasteiger partial charge in [-0.05, 0) is 37.1 Å². The predicted octanol–water partition coefficient (Wildman–Crippen LogP) is 3.49. The van der Waals surface area contributed by atoms with Crippen LogP contribution >= 0.6 is 11.8 Å². The maximum atomic E-state index is 9.30. The third-order valence-electron chi connectivity index (χ3n) is 3.15. The van der Waals surface area contributed by atoms with E-state index in [0.717, 1.165) is 31.6 Å². The minimum atomic E-state index is -0.236. The standard InChI is InChI=1S/C14H17NOS/c15-11-14(7-4-9-16-12-14)8-10-17-13-5-2-1-3-6-13/h1-3,5-6H,4,7-10,12H2. The molecular formula is C14H17NOS. The zero-order chi connectivity index (χ0) is 12.0. The number of nitriles is 1. The number of thioether (sulfide) groups is 1. The zero-order valence-electron chi connectivity index (χ0n) is 9.89. The molecular weight excluding hydrogens is 230 g/mol. The molecule has 2 nitrogen and oxygen atoms in total. The minimum absolute atomic E-state index is 0.236. The Hall–Kier alpha value is -0.980. The Morgan fingerprint density at radius 3 is 2.82 bits per heavy atom. The fourth-order valence-electron chi connectivity index (χ4n) is 2.07. The molecule has 1 saturated heterocycles. The summed E-state index contributed by atoms with van der Waals surface area (Å²) in [6, 6.07) is 12.8. The van der Waals surface area contributed by atoms with Gasteiger partial charge in [0.25, 0.3) is 0 Å². The van der Waals surface area contributed by atoms with Crippen molar-refractivity contribution in [3.05, 3.63) is 30.3 Å². The number of rotatable bonds is 4. The van der Waals surface area contributed by atoms with E-state index < -0.39 is 0 Å². The lowest BCUT2D eigenvalue weighted by molar-refractivity contribution is 0.0210. The molecule has 0 amide bonds. The van der Waals surface area contributed by atoms with Gasteiger partial charge in [0.1, 0.15) is 0 Å². The van der Waals surface area contributed by atoms with Crippen LogP contribution in [-0.4, -0.2) is 19.0 Å². The lowest BCUT2D eigenvalue weighted by atomic mass is 9.82. The van der Waals surface area contributed by atoms with Gasteiger partial charge in [0.2, 0.25) is 0 Å². The van der Waals surface area contributed by atoms with Crippen LogP contribution in [0, 0.1) is 16.7 Å². The summed E-state index contributed by atoms with van der Waals surface area (Å²) in [5.41, 5.74) is -0.236. The highest BCUT2D eigenvalue weighted by molar-refractivity contribution is 7.99. The second-order valence-corrected chi connectivity index (χ2v) is 5.63. The van der Waals surface area contributed by atoms with Crippen molar-refractivity contribution in [2.24, 2.45) is 5.41 Å². The van der Waals surface area contributed by atoms with E-state index in [9.17, 15) is 5.26 Å². The summed E-state index contributed by atoms with van der Waals surface area (Å²) in [7, 11) is 0. The van der Waals surface area contributed by atoms with Gasteiger partial charge >= 0.3 is 0 Å². The fourth-order valence-corrected chi connectivity index (χ4v) is 3.15. The topological polar surface area (TPSA) is 33.0 Å². The van der Waals surface area contributed by atoms with Crippen LogP contribution in [0.3, 0.4) is 0 Å². The molecule has 0 spiro atoms. The average molecular weight is 247 g/mol. The van der Waals surface area contributed by atoms with E-state index in [1.807, 2.05) is 30.0 Å². The van der Waals surface area contributed by atoms with Gasteiger partial charge in [0, 0.05) is 11.5 Å². The molecule has 90 valence electrons. The van der Waals surface area contributed by atoms with E-state index >= 15 is 0 Å². The van der Waals surface area contributed by atoms with E-state index in [1.54, 1.807) is 0 Å². The summed E-state index contributed by atoms with van der Waals surface area (Å²) in [5.74, 6) is 0.987. The summed E-state index contributed by atoms with van der Waals surface area (Å²) in [6.45, 7) is 1.42. The van der Waals surface area contributed by atoms with Crippen LogP contribution in [0.15, 0.2) is 35.2 Å². The first-order valence-electron chi connectivity index (χ1n) is 6.02. The molecule has 17 heavy (non-hydrogen) atoms. The third kappa shape index (κ3) is 3.49. The zero-order valence-corrected chi connectivity index (χ0v) is 10.7. The number of nitrogens with zero attached hydrogens (tertiary/aromatic N) is 1. The van der Waals surface area contributed by atoms with Gasteiger partial charge in [-0.3, -0.25) is 0 Å². The highest BCUT2D eigenvalue weighted by Gasteiger charge is 2.32. The van der Waals surface area contributed by atoms with Gasteiger partial charge in [-0.1, -0.05) is 18.2 Å². The molecule has 1 heterocycles. The van der Waals surface area contributed by atoms with Gasteiger partial charge in [-0.15, -0.1) is 11.8 Å². The number of hydrogen-bond acceptors (Lipinski definition) is 3. The van der Waals surface area contributed by atoms with Crippen molar-refractivity contribution in [3.63, 3.8) is 0 Å². The first-order chi connectivity index (χ1) is 8.35. The molecule has 1 aliphatic heterocycles. The summed E-state index contributed by atoms with van der Waals surface area (Å²) in [5, 5.41) is 9.30. The molecule has 3 heteroatoms. The Labute approximate surface area is 107 Å².